The summed E-state index contributed by atoms with van der Waals surface area (Å²) in [5.41, 5.74) is 2.18. The Hall–Kier alpha value is -2.46. The van der Waals surface area contributed by atoms with Crippen LogP contribution in [0.5, 0.6) is 0 Å². The number of fused-ring (bicyclic) bond motifs is 1. The Bertz CT molecular complexity index is 1060. The number of carbonyl (C=O) groups is 1. The molecule has 0 radical (unpaired) electrons. The summed E-state index contributed by atoms with van der Waals surface area (Å²) in [6.45, 7) is 7.15. The highest BCUT2D eigenvalue weighted by Crippen LogP contribution is 2.25. The maximum Gasteiger partial charge on any atom is 0.407 e. The number of nitrogens with one attached hydrogen (secondary N) is 1. The van der Waals surface area contributed by atoms with E-state index in [0.717, 1.165) is 28.2 Å². The largest absolute Gasteiger partial charge is 0.444 e. The van der Waals surface area contributed by atoms with Crippen LogP contribution in [0.25, 0.3) is 16.2 Å². The monoisotopic (exact) mass is 422 g/mol. The second kappa shape index (κ2) is 7.51. The summed E-state index contributed by atoms with van der Waals surface area (Å²) in [5, 5.41) is 6.59. The van der Waals surface area contributed by atoms with E-state index < -0.39 is 21.5 Å². The topological polar surface area (TPSA) is 103 Å². The van der Waals surface area contributed by atoms with E-state index in [4.69, 9.17) is 4.74 Å². The van der Waals surface area contributed by atoms with E-state index in [1.54, 1.807) is 27.0 Å². The summed E-state index contributed by atoms with van der Waals surface area (Å²) in [5.74, 6) is -0.270. The second-order valence-electron chi connectivity index (χ2n) is 7.33. The molecule has 8 nitrogen and oxygen atoms in total. The number of amides is 1. The lowest BCUT2D eigenvalue weighted by Gasteiger charge is -2.19. The van der Waals surface area contributed by atoms with Gasteiger partial charge in [-0.3, -0.25) is 0 Å². The highest BCUT2D eigenvalue weighted by Gasteiger charge is 2.22. The molecule has 10 heteroatoms. The molecule has 1 amide bonds. The summed E-state index contributed by atoms with van der Waals surface area (Å²) in [4.78, 5) is 16.6. The molecule has 0 aliphatic carbocycles. The summed E-state index contributed by atoms with van der Waals surface area (Å²) in [7, 11) is -3.64. The predicted molar refractivity (Wildman–Crippen MR) is 107 cm³/mol. The van der Waals surface area contributed by atoms with Gasteiger partial charge in [0.2, 0.25) is 19.1 Å². The summed E-state index contributed by atoms with van der Waals surface area (Å²) in [6, 6.07) is 7.90. The minimum absolute atomic E-state index is 0.0311. The molecule has 1 aromatic carbocycles. The van der Waals surface area contributed by atoms with Crippen LogP contribution in [0.3, 0.4) is 0 Å². The number of alkyl carbamates (subject to hydrolysis) is 1. The van der Waals surface area contributed by atoms with Crippen LogP contribution in [0.4, 0.5) is 4.79 Å². The molecule has 0 atom stereocenters. The Morgan fingerprint density at radius 1 is 1.25 bits per heavy atom. The molecule has 3 rings (SSSR count). The van der Waals surface area contributed by atoms with Crippen LogP contribution in [0, 0.1) is 6.92 Å². The Morgan fingerprint density at radius 2 is 1.93 bits per heavy atom. The SMILES string of the molecule is Cc1ccc(-c2cn3nc(S(=O)(=O)CCNC(=O)OC(C)(C)C)sc3n2)cc1. The minimum Gasteiger partial charge on any atom is -0.444 e. The molecule has 1 N–H and O–H groups in total. The number of sulfone groups is 1. The molecular weight excluding hydrogens is 400 g/mol. The molecule has 0 unspecified atom stereocenters. The molecule has 0 aliphatic heterocycles. The molecule has 0 saturated heterocycles. The van der Waals surface area contributed by atoms with Crippen molar-refractivity contribution in [1.29, 1.82) is 0 Å². The lowest BCUT2D eigenvalue weighted by atomic mass is 10.1. The molecule has 0 spiro atoms. The third-order valence-corrected chi connectivity index (χ3v) is 6.76. The Balaban J connectivity index is 1.68. The average molecular weight is 423 g/mol. The van der Waals surface area contributed by atoms with Crippen LogP contribution in [-0.4, -0.2) is 47.0 Å². The van der Waals surface area contributed by atoms with Crippen molar-refractivity contribution in [3.8, 4) is 11.3 Å². The number of carbonyl (C=O) groups excluding carboxylic acids is 1. The fraction of sp³-hybridized carbons (Fsp3) is 0.389. The number of imidazole rings is 1. The van der Waals surface area contributed by atoms with Gasteiger partial charge >= 0.3 is 6.09 Å². The first-order valence-electron chi connectivity index (χ1n) is 8.66. The zero-order chi connectivity index (χ0) is 20.5. The van der Waals surface area contributed by atoms with E-state index in [1.807, 2.05) is 31.2 Å². The molecule has 28 heavy (non-hydrogen) atoms. The number of hydrogen-bond donors (Lipinski definition) is 1. The van der Waals surface area contributed by atoms with E-state index in [-0.39, 0.29) is 16.6 Å². The minimum atomic E-state index is -3.64. The summed E-state index contributed by atoms with van der Waals surface area (Å²) >= 11 is 1.00. The predicted octanol–water partition coefficient (Wildman–Crippen LogP) is 3.06. The van der Waals surface area contributed by atoms with Gasteiger partial charge in [-0.2, -0.15) is 0 Å². The van der Waals surface area contributed by atoms with Crippen LogP contribution in [0.2, 0.25) is 0 Å². The van der Waals surface area contributed by atoms with Crippen LogP contribution in [0.1, 0.15) is 26.3 Å². The van der Waals surface area contributed by atoms with Crippen molar-refractivity contribution in [1.82, 2.24) is 19.9 Å². The molecule has 150 valence electrons. The van der Waals surface area contributed by atoms with E-state index in [0.29, 0.717) is 4.96 Å². The smallest absolute Gasteiger partial charge is 0.407 e. The van der Waals surface area contributed by atoms with Crippen LogP contribution < -0.4 is 5.32 Å². The van der Waals surface area contributed by atoms with Gasteiger partial charge in [0.05, 0.1) is 17.6 Å². The fourth-order valence-corrected chi connectivity index (χ4v) is 4.72. The van der Waals surface area contributed by atoms with E-state index >= 15 is 0 Å². The average Bonchev–Trinajstić information content (AvgIpc) is 3.13. The number of aryl methyl sites for hydroxylation is 1. The summed E-state index contributed by atoms with van der Waals surface area (Å²) in [6.07, 6.45) is 1.05. The van der Waals surface area contributed by atoms with Gasteiger partial charge in [0, 0.05) is 12.1 Å². The zero-order valence-electron chi connectivity index (χ0n) is 16.1. The number of hydrogen-bond acceptors (Lipinski definition) is 7. The molecule has 0 saturated carbocycles. The van der Waals surface area contributed by atoms with Gasteiger partial charge in [-0.05, 0) is 27.7 Å². The van der Waals surface area contributed by atoms with Crippen molar-refractivity contribution in [3.05, 3.63) is 36.0 Å². The van der Waals surface area contributed by atoms with Gasteiger partial charge in [0.1, 0.15) is 5.60 Å². The van der Waals surface area contributed by atoms with Gasteiger partial charge in [0.25, 0.3) is 0 Å². The van der Waals surface area contributed by atoms with Gasteiger partial charge in [0.15, 0.2) is 0 Å². The lowest BCUT2D eigenvalue weighted by molar-refractivity contribution is 0.0531. The Morgan fingerprint density at radius 3 is 2.54 bits per heavy atom. The highest BCUT2D eigenvalue weighted by atomic mass is 32.2. The third-order valence-electron chi connectivity index (χ3n) is 3.68. The molecule has 0 aliphatic rings. The van der Waals surface area contributed by atoms with Crippen molar-refractivity contribution in [2.24, 2.45) is 0 Å². The quantitative estimate of drug-likeness (QED) is 0.678. The normalized spacial score (nSPS) is 12.3. The molecule has 3 aromatic rings. The van der Waals surface area contributed by atoms with Crippen LogP contribution in [-0.2, 0) is 14.6 Å². The van der Waals surface area contributed by atoms with Gasteiger partial charge < -0.3 is 10.1 Å². The summed E-state index contributed by atoms with van der Waals surface area (Å²) < 4.78 is 31.5. The van der Waals surface area contributed by atoms with Gasteiger partial charge in [-0.25, -0.2) is 22.7 Å². The van der Waals surface area contributed by atoms with Crippen molar-refractivity contribution in [2.45, 2.75) is 37.6 Å². The number of benzene rings is 1. The third kappa shape index (κ3) is 4.87. The second-order valence-corrected chi connectivity index (χ2v) is 10.6. The van der Waals surface area contributed by atoms with Crippen molar-refractivity contribution in [2.75, 3.05) is 12.3 Å². The fourth-order valence-electron chi connectivity index (χ4n) is 2.36. The molecule has 0 fully saturated rings. The maximum absolute atomic E-state index is 12.5. The van der Waals surface area contributed by atoms with Crippen molar-refractivity contribution < 1.29 is 17.9 Å². The first kappa shape index (κ1) is 20.3. The molecular formula is C18H22N4O4S2. The van der Waals surface area contributed by atoms with Gasteiger partial charge in [-0.1, -0.05) is 41.2 Å². The first-order valence-corrected chi connectivity index (χ1v) is 11.1. The highest BCUT2D eigenvalue weighted by molar-refractivity contribution is 7.93. The molecule has 2 heterocycles. The van der Waals surface area contributed by atoms with Crippen LogP contribution in [0.15, 0.2) is 34.8 Å². The zero-order valence-corrected chi connectivity index (χ0v) is 17.7. The standard InChI is InChI=1S/C18H22N4O4S2/c1-12-5-7-13(8-6-12)14-11-22-15(20-14)27-17(21-22)28(24,25)10-9-19-16(23)26-18(2,3)4/h5-8,11H,9-10H2,1-4H3,(H,19,23). The molecule has 2 aromatic heterocycles. The van der Waals surface area contributed by atoms with Crippen molar-refractivity contribution >= 4 is 32.2 Å². The van der Waals surface area contributed by atoms with Gasteiger partial charge in [-0.15, -0.1) is 5.10 Å². The Kier molecular flexibility index (Phi) is 5.44. The number of ether oxygens (including phenoxy) is 1. The van der Waals surface area contributed by atoms with E-state index in [2.05, 4.69) is 15.4 Å². The maximum atomic E-state index is 12.5. The lowest BCUT2D eigenvalue weighted by Crippen LogP contribution is -2.35. The van der Waals surface area contributed by atoms with E-state index in [1.165, 1.54) is 4.52 Å². The van der Waals surface area contributed by atoms with Crippen molar-refractivity contribution in [3.63, 3.8) is 0 Å². The Labute approximate surface area is 167 Å². The number of rotatable bonds is 5. The number of nitrogens with zero attached hydrogens (tertiary/aromatic N) is 3. The van der Waals surface area contributed by atoms with E-state index in [9.17, 15) is 13.2 Å². The molecule has 0 bridgehead atoms. The van der Waals surface area contributed by atoms with Crippen LogP contribution >= 0.6 is 11.3 Å². The first-order chi connectivity index (χ1) is 13.0. The number of aromatic nitrogens is 3.